The van der Waals surface area contributed by atoms with Crippen LogP contribution in [0.4, 0.5) is 11.4 Å². The van der Waals surface area contributed by atoms with Gasteiger partial charge in [-0.05, 0) is 81.3 Å². The van der Waals surface area contributed by atoms with Gasteiger partial charge in [-0.25, -0.2) is 0 Å². The third-order valence-electron chi connectivity index (χ3n) is 6.49. The van der Waals surface area contributed by atoms with E-state index in [-0.39, 0.29) is 36.8 Å². The first-order chi connectivity index (χ1) is 21.1. The number of carbonyl (C=O) groups is 5. The van der Waals surface area contributed by atoms with Crippen molar-refractivity contribution in [2.24, 2.45) is 5.41 Å². The zero-order chi connectivity index (χ0) is 33.2. The Morgan fingerprint density at radius 2 is 1.22 bits per heavy atom. The minimum Gasteiger partial charge on any atom is -0.461 e. The topological polar surface area (TPSA) is 143 Å². The molecule has 10 nitrogen and oxygen atoms in total. The van der Waals surface area contributed by atoms with Crippen molar-refractivity contribution in [2.75, 3.05) is 10.6 Å². The smallest absolute Gasteiger partial charge is 0.306 e. The molecule has 3 rings (SSSR count). The molecule has 3 aromatic carbocycles. The summed E-state index contributed by atoms with van der Waals surface area (Å²) in [5, 5.41) is 11.1. The lowest BCUT2D eigenvalue weighted by atomic mass is 9.95. The molecule has 0 fully saturated rings. The Hall–Kier alpha value is -4.99. The number of benzene rings is 3. The van der Waals surface area contributed by atoms with Crippen molar-refractivity contribution in [1.82, 2.24) is 10.6 Å². The first-order valence-electron chi connectivity index (χ1n) is 14.8. The maximum absolute atomic E-state index is 13.3. The summed E-state index contributed by atoms with van der Waals surface area (Å²) >= 11 is 0. The molecular formula is C35H42N4O6. The monoisotopic (exact) mass is 614 g/mol. The van der Waals surface area contributed by atoms with Crippen molar-refractivity contribution in [3.8, 4) is 0 Å². The third kappa shape index (κ3) is 11.6. The fraction of sp³-hybridized carbons (Fsp3) is 0.343. The molecule has 3 aromatic rings. The van der Waals surface area contributed by atoms with Crippen molar-refractivity contribution in [3.63, 3.8) is 0 Å². The molecule has 238 valence electrons. The van der Waals surface area contributed by atoms with Gasteiger partial charge in [-0.2, -0.15) is 0 Å². The van der Waals surface area contributed by atoms with Crippen LogP contribution in [0, 0.1) is 5.41 Å². The van der Waals surface area contributed by atoms with E-state index in [0.29, 0.717) is 16.9 Å². The minimum atomic E-state index is -1.08. The van der Waals surface area contributed by atoms with Crippen molar-refractivity contribution < 1.29 is 28.7 Å². The van der Waals surface area contributed by atoms with Crippen molar-refractivity contribution >= 4 is 41.0 Å². The molecule has 0 aliphatic heterocycles. The highest BCUT2D eigenvalue weighted by molar-refractivity contribution is 6.02. The van der Waals surface area contributed by atoms with Crippen LogP contribution in [0.25, 0.3) is 0 Å². The molecule has 0 bridgehead atoms. The normalized spacial score (nSPS) is 12.0. The van der Waals surface area contributed by atoms with Gasteiger partial charge in [0.25, 0.3) is 11.8 Å². The first kappa shape index (κ1) is 34.5. The second kappa shape index (κ2) is 15.1. The largest absolute Gasteiger partial charge is 0.461 e. The van der Waals surface area contributed by atoms with Gasteiger partial charge < -0.3 is 26.0 Å². The van der Waals surface area contributed by atoms with Gasteiger partial charge in [0.2, 0.25) is 11.8 Å². The van der Waals surface area contributed by atoms with Gasteiger partial charge >= 0.3 is 5.97 Å². The Morgan fingerprint density at radius 3 is 1.76 bits per heavy atom. The summed E-state index contributed by atoms with van der Waals surface area (Å²) in [5.74, 6) is -2.00. The van der Waals surface area contributed by atoms with E-state index in [1.807, 2.05) is 51.1 Å². The van der Waals surface area contributed by atoms with E-state index in [9.17, 15) is 24.0 Å². The molecule has 0 heterocycles. The minimum absolute atomic E-state index is 0.0169. The molecule has 0 unspecified atom stereocenters. The lowest BCUT2D eigenvalue weighted by Crippen LogP contribution is -2.44. The van der Waals surface area contributed by atoms with Gasteiger partial charge in [-0.15, -0.1) is 0 Å². The van der Waals surface area contributed by atoms with Gasteiger partial charge in [0, 0.05) is 39.9 Å². The molecule has 0 saturated carbocycles. The number of ether oxygens (including phenoxy) is 1. The van der Waals surface area contributed by atoms with E-state index in [1.54, 1.807) is 57.2 Å². The van der Waals surface area contributed by atoms with E-state index in [2.05, 4.69) is 21.3 Å². The molecule has 4 amide bonds. The number of rotatable bonds is 11. The number of nitrogens with one attached hydrogen (secondary N) is 4. The summed E-state index contributed by atoms with van der Waals surface area (Å²) < 4.78 is 5.35. The van der Waals surface area contributed by atoms with E-state index in [4.69, 9.17) is 4.74 Å². The number of hydrogen-bond acceptors (Lipinski definition) is 6. The maximum Gasteiger partial charge on any atom is 0.306 e. The van der Waals surface area contributed by atoms with Crippen molar-refractivity contribution in [1.29, 1.82) is 0 Å². The molecule has 4 N–H and O–H groups in total. The molecule has 0 saturated heterocycles. The lowest BCUT2D eigenvalue weighted by molar-refractivity contribution is -0.145. The second-order valence-electron chi connectivity index (χ2n) is 12.8. The van der Waals surface area contributed by atoms with Gasteiger partial charge in [0.1, 0.15) is 12.6 Å². The Balaban J connectivity index is 1.69. The predicted octanol–water partition coefficient (Wildman–Crippen LogP) is 5.46. The fourth-order valence-electron chi connectivity index (χ4n) is 3.95. The molecule has 0 radical (unpaired) electrons. The molecule has 45 heavy (non-hydrogen) atoms. The summed E-state index contributed by atoms with van der Waals surface area (Å²) in [6.07, 6.45) is -0.133. The molecule has 0 aliphatic rings. The van der Waals surface area contributed by atoms with E-state index in [1.165, 1.54) is 12.1 Å². The summed E-state index contributed by atoms with van der Waals surface area (Å²) in [5.41, 5.74) is 1.48. The van der Waals surface area contributed by atoms with Crippen LogP contribution in [-0.4, -0.2) is 41.2 Å². The van der Waals surface area contributed by atoms with Crippen LogP contribution >= 0.6 is 0 Å². The quantitative estimate of drug-likeness (QED) is 0.211. The number of esters is 1. The zero-order valence-electron chi connectivity index (χ0n) is 26.7. The van der Waals surface area contributed by atoms with Crippen LogP contribution < -0.4 is 21.3 Å². The van der Waals surface area contributed by atoms with Gasteiger partial charge in [-0.1, -0.05) is 51.1 Å². The molecule has 0 spiro atoms. The highest BCUT2D eigenvalue weighted by Crippen LogP contribution is 2.18. The molecular weight excluding hydrogens is 572 g/mol. The predicted molar refractivity (Wildman–Crippen MR) is 174 cm³/mol. The average molecular weight is 615 g/mol. The van der Waals surface area contributed by atoms with Gasteiger partial charge in [0.05, 0.1) is 0 Å². The van der Waals surface area contributed by atoms with Gasteiger partial charge in [0.15, 0.2) is 0 Å². The van der Waals surface area contributed by atoms with Crippen LogP contribution in [0.3, 0.4) is 0 Å². The Kier molecular flexibility index (Phi) is 11.6. The summed E-state index contributed by atoms with van der Waals surface area (Å²) in [7, 11) is 0. The third-order valence-corrected chi connectivity index (χ3v) is 6.49. The molecule has 0 aromatic heterocycles. The maximum atomic E-state index is 13.3. The van der Waals surface area contributed by atoms with Crippen LogP contribution in [-0.2, 0) is 25.7 Å². The average Bonchev–Trinajstić information content (AvgIpc) is 2.98. The van der Waals surface area contributed by atoms with E-state index in [0.717, 1.165) is 5.56 Å². The SMILES string of the molecule is CC(C)(C)NC(=O)c1ccc(NC(=O)[C@H](CCC(=O)OCc2ccccc2)NC(=O)c2ccc(NC(=O)C(C)(C)C)cc2)cc1. The van der Waals surface area contributed by atoms with Crippen molar-refractivity contribution in [2.45, 2.75) is 72.6 Å². The van der Waals surface area contributed by atoms with Crippen molar-refractivity contribution in [3.05, 3.63) is 95.6 Å². The summed E-state index contributed by atoms with van der Waals surface area (Å²) in [6.45, 7) is 11.1. The lowest BCUT2D eigenvalue weighted by Gasteiger charge is -2.21. The van der Waals surface area contributed by atoms with Crippen LogP contribution in [0.15, 0.2) is 78.9 Å². The standard InChI is InChI=1S/C35H42N4O6/c1-34(2,3)33(44)37-27-18-12-24(13-19-27)30(41)38-28(20-21-29(40)45-22-23-10-8-7-9-11-23)32(43)36-26-16-14-25(15-17-26)31(42)39-35(4,5)6/h7-19,28H,20-22H2,1-6H3,(H,36,43)(H,37,44)(H,38,41)(H,39,42)/t28-/m0/s1. The number of carbonyl (C=O) groups excluding carboxylic acids is 5. The van der Waals surface area contributed by atoms with Gasteiger partial charge in [-0.3, -0.25) is 24.0 Å². The summed E-state index contributed by atoms with van der Waals surface area (Å²) in [4.78, 5) is 63.8. The fourth-order valence-corrected chi connectivity index (χ4v) is 3.95. The molecule has 0 aliphatic carbocycles. The van der Waals surface area contributed by atoms with Crippen LogP contribution in [0.2, 0.25) is 0 Å². The van der Waals surface area contributed by atoms with E-state index >= 15 is 0 Å². The molecule has 1 atom stereocenters. The van der Waals surface area contributed by atoms with E-state index < -0.39 is 34.8 Å². The van der Waals surface area contributed by atoms with Crippen LogP contribution in [0.1, 0.15) is 80.7 Å². The second-order valence-corrected chi connectivity index (χ2v) is 12.8. The Labute approximate surface area is 264 Å². The number of anilines is 2. The zero-order valence-corrected chi connectivity index (χ0v) is 26.7. The Bertz CT molecular complexity index is 1490. The molecule has 10 heteroatoms. The number of hydrogen-bond donors (Lipinski definition) is 4. The Morgan fingerprint density at radius 1 is 0.689 bits per heavy atom. The van der Waals surface area contributed by atoms with Crippen LogP contribution in [0.5, 0.6) is 0 Å². The number of amides is 4. The highest BCUT2D eigenvalue weighted by Gasteiger charge is 2.24. The first-order valence-corrected chi connectivity index (χ1v) is 14.8. The summed E-state index contributed by atoms with van der Waals surface area (Å²) in [6, 6.07) is 20.8. The highest BCUT2D eigenvalue weighted by atomic mass is 16.5.